The van der Waals surface area contributed by atoms with Crippen molar-refractivity contribution < 1.29 is 14.2 Å². The third-order valence-corrected chi connectivity index (χ3v) is 3.64. The maximum absolute atomic E-state index is 5.39. The van der Waals surface area contributed by atoms with Gasteiger partial charge in [-0.05, 0) is 21.0 Å². The van der Waals surface area contributed by atoms with Crippen LogP contribution in [0.15, 0.2) is 18.2 Å². The van der Waals surface area contributed by atoms with Crippen LogP contribution in [0, 0.1) is 6.92 Å². The highest BCUT2D eigenvalue weighted by Gasteiger charge is 2.14. The van der Waals surface area contributed by atoms with Crippen LogP contribution in [0.25, 0.3) is 0 Å². The van der Waals surface area contributed by atoms with Crippen molar-refractivity contribution in [1.29, 1.82) is 0 Å². The van der Waals surface area contributed by atoms with Gasteiger partial charge in [0, 0.05) is 37.0 Å². The summed E-state index contributed by atoms with van der Waals surface area (Å²) in [6, 6.07) is 5.53. The Morgan fingerprint density at radius 3 is 2.08 bits per heavy atom. The van der Waals surface area contributed by atoms with Crippen LogP contribution in [0.2, 0.25) is 0 Å². The molecule has 0 spiro atoms. The van der Waals surface area contributed by atoms with Crippen LogP contribution in [-0.2, 0) is 0 Å². The second-order valence-corrected chi connectivity index (χ2v) is 5.95. The van der Waals surface area contributed by atoms with Crippen molar-refractivity contribution in [3.05, 3.63) is 24.0 Å². The highest BCUT2D eigenvalue weighted by Crippen LogP contribution is 2.40. The zero-order valence-corrected chi connectivity index (χ0v) is 16.2. The summed E-state index contributed by atoms with van der Waals surface area (Å²) in [6.07, 6.45) is 0. The third kappa shape index (κ3) is 5.13. The molecule has 8 heteroatoms. The molecule has 0 unspecified atom stereocenters. The van der Waals surface area contributed by atoms with Gasteiger partial charge in [-0.2, -0.15) is 0 Å². The predicted molar refractivity (Wildman–Crippen MR) is 103 cm³/mol. The maximum atomic E-state index is 5.39. The largest absolute Gasteiger partial charge is 0.493 e. The zero-order valence-electron chi connectivity index (χ0n) is 16.2. The minimum Gasteiger partial charge on any atom is -0.493 e. The van der Waals surface area contributed by atoms with E-state index in [9.17, 15) is 0 Å². The molecule has 0 atom stereocenters. The lowest BCUT2D eigenvalue weighted by Crippen LogP contribution is -2.21. The first-order valence-corrected chi connectivity index (χ1v) is 8.28. The lowest BCUT2D eigenvalue weighted by Gasteiger charge is -2.15. The number of hydrogen-bond acceptors (Lipinski definition) is 8. The van der Waals surface area contributed by atoms with Gasteiger partial charge in [-0.25, -0.2) is 9.97 Å². The highest BCUT2D eigenvalue weighted by atomic mass is 16.5. The van der Waals surface area contributed by atoms with Gasteiger partial charge >= 0.3 is 0 Å². The van der Waals surface area contributed by atoms with E-state index in [1.165, 1.54) is 0 Å². The fourth-order valence-corrected chi connectivity index (χ4v) is 2.43. The standard InChI is InChI=1S/C18H27N5O3/c1-12-20-16(19-7-8-23(2)3)11-17(21-12)22-13-9-14(24-4)18(26-6)15(10-13)25-5/h9-11H,7-8H2,1-6H3,(H2,19,20,21,22). The smallest absolute Gasteiger partial charge is 0.203 e. The molecular formula is C18H27N5O3. The molecule has 0 aliphatic carbocycles. The van der Waals surface area contributed by atoms with E-state index in [2.05, 4.69) is 25.5 Å². The van der Waals surface area contributed by atoms with Crippen molar-refractivity contribution in [1.82, 2.24) is 14.9 Å². The van der Waals surface area contributed by atoms with Crippen LogP contribution >= 0.6 is 0 Å². The van der Waals surface area contributed by atoms with Crippen molar-refractivity contribution in [2.45, 2.75) is 6.92 Å². The van der Waals surface area contributed by atoms with E-state index in [1.54, 1.807) is 21.3 Å². The second kappa shape index (κ2) is 9.10. The molecule has 1 aromatic heterocycles. The zero-order chi connectivity index (χ0) is 19.1. The summed E-state index contributed by atoms with van der Waals surface area (Å²) in [5, 5.41) is 6.57. The van der Waals surface area contributed by atoms with Gasteiger partial charge in [-0.1, -0.05) is 0 Å². The number of benzene rings is 1. The molecule has 0 aliphatic heterocycles. The van der Waals surface area contributed by atoms with E-state index in [-0.39, 0.29) is 0 Å². The number of anilines is 3. The molecule has 26 heavy (non-hydrogen) atoms. The van der Waals surface area contributed by atoms with Crippen LogP contribution in [0.1, 0.15) is 5.82 Å². The van der Waals surface area contributed by atoms with Gasteiger partial charge in [-0.15, -0.1) is 0 Å². The molecule has 2 rings (SSSR count). The first-order chi connectivity index (χ1) is 12.5. The number of ether oxygens (including phenoxy) is 3. The number of aryl methyl sites for hydroxylation is 1. The van der Waals surface area contributed by atoms with Crippen LogP contribution in [-0.4, -0.2) is 63.4 Å². The van der Waals surface area contributed by atoms with E-state index < -0.39 is 0 Å². The fourth-order valence-electron chi connectivity index (χ4n) is 2.43. The maximum Gasteiger partial charge on any atom is 0.203 e. The first-order valence-electron chi connectivity index (χ1n) is 8.28. The molecule has 2 N–H and O–H groups in total. The van der Waals surface area contributed by atoms with E-state index in [4.69, 9.17) is 14.2 Å². The monoisotopic (exact) mass is 361 g/mol. The summed E-state index contributed by atoms with van der Waals surface area (Å²) in [4.78, 5) is 11.0. The molecule has 0 fully saturated rings. The third-order valence-electron chi connectivity index (χ3n) is 3.64. The van der Waals surface area contributed by atoms with Gasteiger partial charge in [0.05, 0.1) is 21.3 Å². The number of aromatic nitrogens is 2. The Labute approximate surface area is 154 Å². The predicted octanol–water partition coefficient (Wildman–Crippen LogP) is 2.53. The summed E-state index contributed by atoms with van der Waals surface area (Å²) < 4.78 is 16.1. The minimum atomic E-state index is 0.547. The quantitative estimate of drug-likeness (QED) is 0.705. The number of nitrogens with zero attached hydrogens (tertiary/aromatic N) is 3. The molecular weight excluding hydrogens is 334 g/mol. The molecule has 1 heterocycles. The van der Waals surface area contributed by atoms with Crippen LogP contribution in [0.3, 0.4) is 0 Å². The molecule has 0 saturated heterocycles. The van der Waals surface area contributed by atoms with Crippen molar-refractivity contribution in [3.8, 4) is 17.2 Å². The summed E-state index contributed by atoms with van der Waals surface area (Å²) in [7, 11) is 8.81. The number of hydrogen-bond donors (Lipinski definition) is 2. The normalized spacial score (nSPS) is 10.6. The van der Waals surface area contributed by atoms with Crippen molar-refractivity contribution in [3.63, 3.8) is 0 Å². The van der Waals surface area contributed by atoms with E-state index in [0.29, 0.717) is 28.9 Å². The van der Waals surface area contributed by atoms with Crippen molar-refractivity contribution in [2.24, 2.45) is 0 Å². The molecule has 142 valence electrons. The summed E-state index contributed by atoms with van der Waals surface area (Å²) in [6.45, 7) is 3.57. The first kappa shape index (κ1) is 19.6. The average Bonchev–Trinajstić information content (AvgIpc) is 2.60. The van der Waals surface area contributed by atoms with Crippen LogP contribution in [0.4, 0.5) is 17.3 Å². The molecule has 1 aromatic carbocycles. The van der Waals surface area contributed by atoms with Crippen LogP contribution < -0.4 is 24.8 Å². The molecule has 0 radical (unpaired) electrons. The Kier molecular flexibility index (Phi) is 6.85. The average molecular weight is 361 g/mol. The number of rotatable bonds is 9. The van der Waals surface area contributed by atoms with Gasteiger partial charge in [0.25, 0.3) is 0 Å². The molecule has 0 saturated carbocycles. The Morgan fingerprint density at radius 1 is 0.923 bits per heavy atom. The van der Waals surface area contributed by atoms with E-state index >= 15 is 0 Å². The van der Waals surface area contributed by atoms with Crippen molar-refractivity contribution >= 4 is 17.3 Å². The lowest BCUT2D eigenvalue weighted by molar-refractivity contribution is 0.324. The Bertz CT molecular complexity index is 712. The molecule has 0 amide bonds. The van der Waals surface area contributed by atoms with Crippen molar-refractivity contribution in [2.75, 3.05) is 59.1 Å². The second-order valence-electron chi connectivity index (χ2n) is 5.95. The van der Waals surface area contributed by atoms with Gasteiger partial charge in [-0.3, -0.25) is 0 Å². The molecule has 0 bridgehead atoms. The summed E-state index contributed by atoms with van der Waals surface area (Å²) in [5.41, 5.74) is 0.775. The van der Waals surface area contributed by atoms with E-state index in [0.717, 1.165) is 24.6 Å². The SMILES string of the molecule is COc1cc(Nc2cc(NCCN(C)C)nc(C)n2)cc(OC)c1OC. The minimum absolute atomic E-state index is 0.547. The van der Waals surface area contributed by atoms with Gasteiger partial charge in [0.1, 0.15) is 17.5 Å². The molecule has 0 aliphatic rings. The Balaban J connectivity index is 2.23. The topological polar surface area (TPSA) is 80.8 Å². The Morgan fingerprint density at radius 2 is 1.54 bits per heavy atom. The van der Waals surface area contributed by atoms with Gasteiger partial charge in [0.15, 0.2) is 11.5 Å². The summed E-state index contributed by atoms with van der Waals surface area (Å²) in [5.74, 6) is 3.82. The van der Waals surface area contributed by atoms with Crippen LogP contribution in [0.5, 0.6) is 17.2 Å². The lowest BCUT2D eigenvalue weighted by atomic mass is 10.2. The number of nitrogens with one attached hydrogen (secondary N) is 2. The molecule has 8 nitrogen and oxygen atoms in total. The van der Waals surface area contributed by atoms with Gasteiger partial charge in [0.2, 0.25) is 5.75 Å². The van der Waals surface area contributed by atoms with Gasteiger partial charge < -0.3 is 29.7 Å². The van der Waals surface area contributed by atoms with E-state index in [1.807, 2.05) is 39.2 Å². The number of likely N-dealkylation sites (N-methyl/N-ethyl adjacent to an activating group) is 1. The fraction of sp³-hybridized carbons (Fsp3) is 0.444. The highest BCUT2D eigenvalue weighted by molar-refractivity contribution is 5.67. The number of methoxy groups -OCH3 is 3. The summed E-state index contributed by atoms with van der Waals surface area (Å²) >= 11 is 0. The Hall–Kier alpha value is -2.74. The molecule has 2 aromatic rings.